The van der Waals surface area contributed by atoms with Crippen molar-refractivity contribution in [1.82, 2.24) is 14.9 Å². The number of anilines is 1. The molecule has 0 saturated carbocycles. The Morgan fingerprint density at radius 2 is 2.20 bits per heavy atom. The van der Waals surface area contributed by atoms with E-state index < -0.39 is 0 Å². The first-order valence-corrected chi connectivity index (χ1v) is 7.91. The number of nitrogens with zero attached hydrogens (tertiary/aromatic N) is 3. The molecule has 0 aromatic carbocycles. The van der Waals surface area contributed by atoms with Crippen molar-refractivity contribution in [3.05, 3.63) is 40.5 Å². The summed E-state index contributed by atoms with van der Waals surface area (Å²) in [6.45, 7) is 4.95. The van der Waals surface area contributed by atoms with Crippen LogP contribution in [0.1, 0.15) is 23.9 Å². The smallest absolute Gasteiger partial charge is 0.144 e. The van der Waals surface area contributed by atoms with Crippen LogP contribution in [0.2, 0.25) is 0 Å². The minimum absolute atomic E-state index is 0.840. The van der Waals surface area contributed by atoms with Gasteiger partial charge in [-0.25, -0.2) is 4.98 Å². The topological polar surface area (TPSA) is 41.1 Å². The van der Waals surface area contributed by atoms with Crippen molar-refractivity contribution in [1.29, 1.82) is 0 Å². The van der Waals surface area contributed by atoms with E-state index in [-0.39, 0.29) is 0 Å². The Morgan fingerprint density at radius 1 is 1.30 bits per heavy atom. The van der Waals surface area contributed by atoms with Crippen molar-refractivity contribution in [3.63, 3.8) is 0 Å². The fourth-order valence-electron chi connectivity index (χ4n) is 1.89. The molecular weight excluding hydrogens is 268 g/mol. The van der Waals surface area contributed by atoms with E-state index in [9.17, 15) is 0 Å². The van der Waals surface area contributed by atoms with Gasteiger partial charge in [0.15, 0.2) is 0 Å². The molecule has 2 rings (SSSR count). The minimum atomic E-state index is 0.840. The molecule has 2 aromatic rings. The average Bonchev–Trinajstić information content (AvgIpc) is 2.98. The number of hydrogen-bond acceptors (Lipinski definition) is 5. The summed E-state index contributed by atoms with van der Waals surface area (Å²) < 4.78 is 0. The molecule has 0 aliphatic heterocycles. The summed E-state index contributed by atoms with van der Waals surface area (Å²) in [7, 11) is 2.12. The second-order valence-electron chi connectivity index (χ2n) is 4.89. The molecule has 5 heteroatoms. The lowest BCUT2D eigenvalue weighted by Crippen LogP contribution is -2.21. The van der Waals surface area contributed by atoms with Gasteiger partial charge in [0.2, 0.25) is 0 Å². The van der Waals surface area contributed by atoms with Gasteiger partial charge in [-0.15, -0.1) is 11.3 Å². The predicted molar refractivity (Wildman–Crippen MR) is 85.2 cm³/mol. The van der Waals surface area contributed by atoms with Crippen molar-refractivity contribution in [2.45, 2.75) is 26.3 Å². The third-order valence-corrected chi connectivity index (χ3v) is 3.95. The molecule has 0 saturated heterocycles. The van der Waals surface area contributed by atoms with Crippen LogP contribution in [0.3, 0.4) is 0 Å². The van der Waals surface area contributed by atoms with Crippen LogP contribution in [-0.4, -0.2) is 35.0 Å². The molecule has 2 heterocycles. The lowest BCUT2D eigenvalue weighted by atomic mass is 10.3. The molecule has 20 heavy (non-hydrogen) atoms. The lowest BCUT2D eigenvalue weighted by molar-refractivity contribution is 0.327. The van der Waals surface area contributed by atoms with E-state index in [1.807, 2.05) is 23.7 Å². The molecule has 4 nitrogen and oxygen atoms in total. The molecule has 0 atom stereocenters. The highest BCUT2D eigenvalue weighted by Gasteiger charge is 2.03. The van der Waals surface area contributed by atoms with E-state index in [1.165, 1.54) is 4.88 Å². The highest BCUT2D eigenvalue weighted by molar-refractivity contribution is 7.09. The zero-order valence-electron chi connectivity index (χ0n) is 12.2. The number of nitrogens with one attached hydrogen (secondary N) is 1. The van der Waals surface area contributed by atoms with E-state index in [2.05, 4.69) is 51.7 Å². The molecule has 1 N–H and O–H groups in total. The molecule has 0 fully saturated rings. The van der Waals surface area contributed by atoms with Crippen LogP contribution < -0.4 is 5.32 Å². The van der Waals surface area contributed by atoms with Crippen LogP contribution in [0.25, 0.3) is 0 Å². The van der Waals surface area contributed by atoms with Crippen LogP contribution in [0.5, 0.6) is 0 Å². The first-order valence-electron chi connectivity index (χ1n) is 7.03. The minimum Gasteiger partial charge on any atom is -0.369 e. The summed E-state index contributed by atoms with van der Waals surface area (Å²) in [5.74, 6) is 0.858. The first kappa shape index (κ1) is 14.9. The monoisotopic (exact) mass is 290 g/mol. The van der Waals surface area contributed by atoms with E-state index in [1.54, 1.807) is 0 Å². The van der Waals surface area contributed by atoms with E-state index in [4.69, 9.17) is 0 Å². The van der Waals surface area contributed by atoms with Crippen molar-refractivity contribution >= 4 is 17.2 Å². The number of hydrogen-bond donors (Lipinski definition) is 1. The summed E-state index contributed by atoms with van der Waals surface area (Å²) in [6, 6.07) is 4.29. The molecule has 0 bridgehead atoms. The summed E-state index contributed by atoms with van der Waals surface area (Å²) in [5.41, 5.74) is 1.01. The molecule has 0 aliphatic rings. The number of rotatable bonds is 8. The molecule has 0 amide bonds. The van der Waals surface area contributed by atoms with Gasteiger partial charge in [0.05, 0.1) is 18.1 Å². The normalized spacial score (nSPS) is 10.9. The summed E-state index contributed by atoms with van der Waals surface area (Å²) >= 11 is 1.82. The largest absolute Gasteiger partial charge is 0.369 e. The zero-order valence-corrected chi connectivity index (χ0v) is 13.0. The Kier molecular flexibility index (Phi) is 5.95. The quantitative estimate of drug-likeness (QED) is 0.811. The molecule has 2 aromatic heterocycles. The van der Waals surface area contributed by atoms with Crippen molar-refractivity contribution in [3.8, 4) is 0 Å². The molecule has 108 valence electrons. The molecule has 0 spiro atoms. The van der Waals surface area contributed by atoms with Crippen LogP contribution >= 0.6 is 11.3 Å². The maximum absolute atomic E-state index is 4.45. The average molecular weight is 290 g/mol. The number of aromatic nitrogens is 2. The highest BCUT2D eigenvalue weighted by atomic mass is 32.1. The van der Waals surface area contributed by atoms with Gasteiger partial charge >= 0.3 is 0 Å². The number of thiophene rings is 1. The van der Waals surface area contributed by atoms with Gasteiger partial charge < -0.3 is 10.2 Å². The third-order valence-electron chi connectivity index (χ3n) is 3.01. The van der Waals surface area contributed by atoms with Crippen molar-refractivity contribution < 1.29 is 0 Å². The van der Waals surface area contributed by atoms with Gasteiger partial charge in [0.1, 0.15) is 5.82 Å². The summed E-state index contributed by atoms with van der Waals surface area (Å²) in [6.07, 6.45) is 5.87. The van der Waals surface area contributed by atoms with Crippen LogP contribution in [-0.2, 0) is 13.0 Å². The Labute approximate surface area is 124 Å². The van der Waals surface area contributed by atoms with Crippen LogP contribution in [0, 0.1) is 0 Å². The fourth-order valence-corrected chi connectivity index (χ4v) is 2.59. The lowest BCUT2D eigenvalue weighted by Gasteiger charge is -2.15. The van der Waals surface area contributed by atoms with E-state index >= 15 is 0 Å². The van der Waals surface area contributed by atoms with Gasteiger partial charge in [-0.3, -0.25) is 4.98 Å². The Morgan fingerprint density at radius 3 is 2.85 bits per heavy atom. The van der Waals surface area contributed by atoms with Gasteiger partial charge in [0, 0.05) is 24.5 Å². The fraction of sp³-hybridized carbons (Fsp3) is 0.467. The number of likely N-dealkylation sites (N-methyl/N-ethyl adjacent to an activating group) is 1. The zero-order chi connectivity index (χ0) is 14.2. The first-order chi connectivity index (χ1) is 9.78. The van der Waals surface area contributed by atoms with Gasteiger partial charge in [-0.2, -0.15) is 0 Å². The van der Waals surface area contributed by atoms with Crippen LogP contribution in [0.4, 0.5) is 5.82 Å². The molecule has 0 radical (unpaired) electrons. The van der Waals surface area contributed by atoms with Crippen molar-refractivity contribution in [2.75, 3.05) is 25.5 Å². The van der Waals surface area contributed by atoms with Crippen LogP contribution in [0.15, 0.2) is 29.9 Å². The van der Waals surface area contributed by atoms with Gasteiger partial charge in [-0.05, 0) is 31.3 Å². The standard InChI is InChI=1S/C15H22N4S/c1-3-7-16-15-11-17-13(10-18-15)12-19(2)8-6-14-5-4-9-20-14/h4-5,9-11H,3,6-8,12H2,1-2H3,(H,16,18). The van der Waals surface area contributed by atoms with Gasteiger partial charge in [-0.1, -0.05) is 13.0 Å². The maximum Gasteiger partial charge on any atom is 0.144 e. The summed E-state index contributed by atoms with van der Waals surface area (Å²) in [4.78, 5) is 12.5. The Bertz CT molecular complexity index is 481. The molecule has 0 aliphatic carbocycles. The second-order valence-corrected chi connectivity index (χ2v) is 5.92. The SMILES string of the molecule is CCCNc1cnc(CN(C)CCc2cccs2)cn1. The van der Waals surface area contributed by atoms with Gasteiger partial charge in [0.25, 0.3) is 0 Å². The highest BCUT2D eigenvalue weighted by Crippen LogP contribution is 2.10. The Balaban J connectivity index is 1.77. The Hall–Kier alpha value is -1.46. The second kappa shape index (κ2) is 7.97. The van der Waals surface area contributed by atoms with E-state index in [0.29, 0.717) is 0 Å². The molecule has 0 unspecified atom stereocenters. The maximum atomic E-state index is 4.45. The van der Waals surface area contributed by atoms with E-state index in [0.717, 1.165) is 44.0 Å². The molecular formula is C15H22N4S. The van der Waals surface area contributed by atoms with Crippen molar-refractivity contribution in [2.24, 2.45) is 0 Å². The predicted octanol–water partition coefficient (Wildman–Crippen LogP) is 3.03. The summed E-state index contributed by atoms with van der Waals surface area (Å²) in [5, 5.41) is 5.36. The third kappa shape index (κ3) is 4.90.